The van der Waals surface area contributed by atoms with Gasteiger partial charge in [0.2, 0.25) is 0 Å². The molecule has 2 heteroatoms. The standard InChI is InChI=1S/C5H8IN/c6-3-4-1-2-5(4)7/h3,5H,1-2,7H2. The van der Waals surface area contributed by atoms with Gasteiger partial charge < -0.3 is 5.73 Å². The Kier molecular flexibility index (Phi) is 1.69. The van der Waals surface area contributed by atoms with E-state index in [1.54, 1.807) is 0 Å². The summed E-state index contributed by atoms with van der Waals surface area (Å²) in [6, 6.07) is 0.400. The average molecular weight is 209 g/mol. The third-order valence-corrected chi connectivity index (χ3v) is 2.16. The molecule has 1 nitrogen and oxygen atoms in total. The van der Waals surface area contributed by atoms with Crippen molar-refractivity contribution in [3.8, 4) is 0 Å². The highest BCUT2D eigenvalue weighted by Crippen LogP contribution is 2.24. The van der Waals surface area contributed by atoms with E-state index in [1.807, 2.05) is 0 Å². The smallest absolute Gasteiger partial charge is 0.0264 e. The lowest BCUT2D eigenvalue weighted by Gasteiger charge is -2.24. The van der Waals surface area contributed by atoms with E-state index in [0.29, 0.717) is 6.04 Å². The lowest BCUT2D eigenvalue weighted by Crippen LogP contribution is -2.30. The summed E-state index contributed by atoms with van der Waals surface area (Å²) in [7, 11) is 0. The van der Waals surface area contributed by atoms with Crippen LogP contribution in [-0.4, -0.2) is 6.04 Å². The Labute approximate surface area is 57.1 Å². The molecule has 0 aromatic carbocycles. The second-order valence-electron chi connectivity index (χ2n) is 1.83. The Morgan fingerprint density at radius 3 is 2.57 bits per heavy atom. The van der Waals surface area contributed by atoms with Gasteiger partial charge in [0.1, 0.15) is 0 Å². The minimum Gasteiger partial charge on any atom is -0.324 e. The number of hydrogen-bond donors (Lipinski definition) is 1. The summed E-state index contributed by atoms with van der Waals surface area (Å²) in [5, 5.41) is 0. The van der Waals surface area contributed by atoms with E-state index in [4.69, 9.17) is 5.73 Å². The molecule has 1 aliphatic carbocycles. The molecule has 0 saturated heterocycles. The fourth-order valence-corrected chi connectivity index (χ4v) is 1.39. The van der Waals surface area contributed by atoms with Gasteiger partial charge in [-0.25, -0.2) is 0 Å². The molecule has 0 bridgehead atoms. The van der Waals surface area contributed by atoms with Crippen molar-refractivity contribution in [2.24, 2.45) is 5.73 Å². The van der Waals surface area contributed by atoms with Gasteiger partial charge in [-0.3, -0.25) is 0 Å². The minimum atomic E-state index is 0.400. The molecular weight excluding hydrogens is 201 g/mol. The molecule has 1 atom stereocenters. The second-order valence-corrected chi connectivity index (χ2v) is 2.45. The molecule has 1 saturated carbocycles. The van der Waals surface area contributed by atoms with Crippen LogP contribution in [0.4, 0.5) is 0 Å². The van der Waals surface area contributed by atoms with Gasteiger partial charge in [0.15, 0.2) is 0 Å². The quantitative estimate of drug-likeness (QED) is 0.600. The fourth-order valence-electron chi connectivity index (χ4n) is 0.613. The van der Waals surface area contributed by atoms with Crippen molar-refractivity contribution < 1.29 is 0 Å². The van der Waals surface area contributed by atoms with Gasteiger partial charge in [-0.15, -0.1) is 0 Å². The maximum atomic E-state index is 5.56. The summed E-state index contributed by atoms with van der Waals surface area (Å²) in [6.45, 7) is 0. The first-order valence-electron chi connectivity index (χ1n) is 2.39. The third kappa shape index (κ3) is 0.966. The van der Waals surface area contributed by atoms with E-state index < -0.39 is 0 Å². The molecular formula is C5H8IN. The van der Waals surface area contributed by atoms with Gasteiger partial charge in [-0.1, -0.05) is 22.6 Å². The van der Waals surface area contributed by atoms with Crippen molar-refractivity contribution in [1.29, 1.82) is 0 Å². The van der Waals surface area contributed by atoms with Gasteiger partial charge >= 0.3 is 0 Å². The van der Waals surface area contributed by atoms with Crippen molar-refractivity contribution in [2.45, 2.75) is 18.9 Å². The first-order chi connectivity index (χ1) is 3.34. The first-order valence-corrected chi connectivity index (χ1v) is 3.64. The molecule has 0 aromatic rings. The molecule has 1 aliphatic rings. The van der Waals surface area contributed by atoms with Gasteiger partial charge in [-0.05, 0) is 22.5 Å². The molecule has 1 rings (SSSR count). The maximum absolute atomic E-state index is 5.56. The van der Waals surface area contributed by atoms with E-state index in [2.05, 4.69) is 26.7 Å². The van der Waals surface area contributed by atoms with Gasteiger partial charge in [-0.2, -0.15) is 0 Å². The summed E-state index contributed by atoms with van der Waals surface area (Å²) >= 11 is 2.24. The normalized spacial score (nSPS) is 35.7. The highest BCUT2D eigenvalue weighted by molar-refractivity contribution is 14.1. The van der Waals surface area contributed by atoms with Crippen molar-refractivity contribution in [3.63, 3.8) is 0 Å². The van der Waals surface area contributed by atoms with E-state index in [-0.39, 0.29) is 0 Å². The minimum absolute atomic E-state index is 0.400. The zero-order valence-corrected chi connectivity index (χ0v) is 6.18. The summed E-state index contributed by atoms with van der Waals surface area (Å²) in [6.07, 6.45) is 2.42. The maximum Gasteiger partial charge on any atom is 0.0264 e. The van der Waals surface area contributed by atoms with E-state index in [1.165, 1.54) is 18.4 Å². The van der Waals surface area contributed by atoms with Crippen LogP contribution in [0, 0.1) is 0 Å². The lowest BCUT2D eigenvalue weighted by molar-refractivity contribution is 0.559. The Hall–Kier alpha value is 0.430. The van der Waals surface area contributed by atoms with Crippen molar-refractivity contribution in [1.82, 2.24) is 0 Å². The molecule has 0 amide bonds. The average Bonchev–Trinajstić information content (AvgIpc) is 1.65. The molecule has 1 fully saturated rings. The van der Waals surface area contributed by atoms with Crippen LogP contribution in [0.3, 0.4) is 0 Å². The Morgan fingerprint density at radius 2 is 2.57 bits per heavy atom. The van der Waals surface area contributed by atoms with Crippen LogP contribution < -0.4 is 5.73 Å². The number of nitrogens with two attached hydrogens (primary N) is 1. The Bertz CT molecular complexity index is 98.3. The summed E-state index contributed by atoms with van der Waals surface area (Å²) in [5.74, 6) is 0. The van der Waals surface area contributed by atoms with Crippen LogP contribution in [0.2, 0.25) is 0 Å². The Morgan fingerprint density at radius 1 is 1.86 bits per heavy atom. The fraction of sp³-hybridized carbons (Fsp3) is 0.600. The highest BCUT2D eigenvalue weighted by atomic mass is 127. The molecule has 40 valence electrons. The van der Waals surface area contributed by atoms with E-state index >= 15 is 0 Å². The van der Waals surface area contributed by atoms with Crippen LogP contribution in [0.5, 0.6) is 0 Å². The predicted octanol–water partition coefficient (Wildman–Crippen LogP) is 1.43. The van der Waals surface area contributed by atoms with E-state index in [9.17, 15) is 0 Å². The summed E-state index contributed by atoms with van der Waals surface area (Å²) in [4.78, 5) is 0. The number of rotatable bonds is 0. The van der Waals surface area contributed by atoms with Crippen molar-refractivity contribution >= 4 is 22.6 Å². The van der Waals surface area contributed by atoms with E-state index in [0.717, 1.165) is 0 Å². The molecule has 0 radical (unpaired) electrons. The zero-order valence-electron chi connectivity index (χ0n) is 4.02. The summed E-state index contributed by atoms with van der Waals surface area (Å²) in [5.41, 5.74) is 6.98. The van der Waals surface area contributed by atoms with Gasteiger partial charge in [0.05, 0.1) is 0 Å². The topological polar surface area (TPSA) is 26.0 Å². The monoisotopic (exact) mass is 209 g/mol. The molecule has 7 heavy (non-hydrogen) atoms. The predicted molar refractivity (Wildman–Crippen MR) is 39.3 cm³/mol. The van der Waals surface area contributed by atoms with Crippen LogP contribution in [-0.2, 0) is 0 Å². The highest BCUT2D eigenvalue weighted by Gasteiger charge is 2.17. The van der Waals surface area contributed by atoms with Crippen LogP contribution in [0.15, 0.2) is 9.66 Å². The van der Waals surface area contributed by atoms with Gasteiger partial charge in [0, 0.05) is 6.04 Å². The van der Waals surface area contributed by atoms with Gasteiger partial charge in [0.25, 0.3) is 0 Å². The molecule has 0 spiro atoms. The third-order valence-electron chi connectivity index (χ3n) is 1.36. The van der Waals surface area contributed by atoms with Crippen LogP contribution >= 0.6 is 22.6 Å². The van der Waals surface area contributed by atoms with Crippen LogP contribution in [0.25, 0.3) is 0 Å². The van der Waals surface area contributed by atoms with Crippen LogP contribution in [0.1, 0.15) is 12.8 Å². The Balaban J connectivity index is 2.44. The summed E-state index contributed by atoms with van der Waals surface area (Å²) < 4.78 is 2.09. The number of hydrogen-bond acceptors (Lipinski definition) is 1. The molecule has 1 unspecified atom stereocenters. The lowest BCUT2D eigenvalue weighted by atomic mass is 9.89. The number of halogens is 1. The second kappa shape index (κ2) is 2.13. The molecule has 0 aromatic heterocycles. The molecule has 0 aliphatic heterocycles. The zero-order chi connectivity index (χ0) is 5.28. The van der Waals surface area contributed by atoms with Crippen molar-refractivity contribution in [2.75, 3.05) is 0 Å². The largest absolute Gasteiger partial charge is 0.324 e. The molecule has 2 N–H and O–H groups in total. The van der Waals surface area contributed by atoms with Crippen molar-refractivity contribution in [3.05, 3.63) is 9.66 Å². The SMILES string of the molecule is NC1CCC1=CI. The molecule has 0 heterocycles. The first kappa shape index (κ1) is 5.56.